The van der Waals surface area contributed by atoms with Crippen molar-refractivity contribution < 1.29 is 27.8 Å². The summed E-state index contributed by atoms with van der Waals surface area (Å²) in [6.07, 6.45) is -3.10. The fourth-order valence-electron chi connectivity index (χ4n) is 3.88. The van der Waals surface area contributed by atoms with E-state index in [2.05, 4.69) is 0 Å². The highest BCUT2D eigenvalue weighted by atomic mass is 19.4. The first kappa shape index (κ1) is 21.2. The van der Waals surface area contributed by atoms with Crippen molar-refractivity contribution in [3.63, 3.8) is 0 Å². The van der Waals surface area contributed by atoms with Crippen molar-refractivity contribution in [2.75, 3.05) is 19.7 Å². The van der Waals surface area contributed by atoms with Crippen molar-refractivity contribution in [3.05, 3.63) is 65.2 Å². The Kier molecular flexibility index (Phi) is 6.47. The third kappa shape index (κ3) is 4.90. The van der Waals surface area contributed by atoms with E-state index in [4.69, 9.17) is 4.74 Å². The molecule has 1 aliphatic heterocycles. The number of rotatable bonds is 6. The lowest BCUT2D eigenvalue weighted by molar-refractivity contribution is -0.144. The van der Waals surface area contributed by atoms with Gasteiger partial charge in [-0.3, -0.25) is 9.69 Å². The number of carboxylic acid groups (broad SMARTS) is 1. The smallest absolute Gasteiger partial charge is 0.416 e. The minimum absolute atomic E-state index is 0.335. The second-order valence-electron chi connectivity index (χ2n) is 7.17. The van der Waals surface area contributed by atoms with Crippen LogP contribution in [-0.2, 0) is 11.0 Å². The molecule has 0 saturated carbocycles. The maximum atomic E-state index is 13.0. The van der Waals surface area contributed by atoms with Crippen molar-refractivity contribution in [1.29, 1.82) is 0 Å². The van der Waals surface area contributed by atoms with Crippen LogP contribution in [0, 0.1) is 5.92 Å². The van der Waals surface area contributed by atoms with Gasteiger partial charge in [-0.15, -0.1) is 0 Å². The number of hydrogen-bond acceptors (Lipinski definition) is 3. The number of nitrogens with zero attached hydrogens (tertiary/aromatic N) is 1. The van der Waals surface area contributed by atoms with Gasteiger partial charge in [0.25, 0.3) is 0 Å². The largest absolute Gasteiger partial charge is 0.494 e. The molecule has 2 atom stereocenters. The van der Waals surface area contributed by atoms with Gasteiger partial charge in [-0.25, -0.2) is 0 Å². The first-order valence-corrected chi connectivity index (χ1v) is 9.67. The molecule has 1 fully saturated rings. The molecular formula is C22H24F3NO3. The van der Waals surface area contributed by atoms with Gasteiger partial charge in [0.2, 0.25) is 0 Å². The summed E-state index contributed by atoms with van der Waals surface area (Å²) in [6.45, 7) is 3.32. The quantitative estimate of drug-likeness (QED) is 0.733. The zero-order valence-electron chi connectivity index (χ0n) is 16.2. The van der Waals surface area contributed by atoms with E-state index >= 15 is 0 Å². The molecule has 2 aromatic carbocycles. The van der Waals surface area contributed by atoms with Crippen LogP contribution >= 0.6 is 0 Å². The Balaban J connectivity index is 2.04. The number of ether oxygens (including phenoxy) is 1. The van der Waals surface area contributed by atoms with Crippen LogP contribution in [0.5, 0.6) is 5.75 Å². The highest BCUT2D eigenvalue weighted by Gasteiger charge is 2.34. The van der Waals surface area contributed by atoms with Gasteiger partial charge < -0.3 is 9.84 Å². The van der Waals surface area contributed by atoms with Gasteiger partial charge in [0.05, 0.1) is 24.1 Å². The van der Waals surface area contributed by atoms with Gasteiger partial charge >= 0.3 is 12.1 Å². The Morgan fingerprint density at radius 2 is 1.90 bits per heavy atom. The number of carboxylic acids is 1. The molecule has 0 radical (unpaired) electrons. The number of halogens is 3. The van der Waals surface area contributed by atoms with Crippen LogP contribution in [0.3, 0.4) is 0 Å². The van der Waals surface area contributed by atoms with Gasteiger partial charge in [0, 0.05) is 12.1 Å². The maximum Gasteiger partial charge on any atom is 0.416 e. The third-order valence-corrected chi connectivity index (χ3v) is 5.23. The monoisotopic (exact) mass is 407 g/mol. The first-order chi connectivity index (χ1) is 13.8. The maximum absolute atomic E-state index is 13.0. The molecule has 1 N–H and O–H groups in total. The Hall–Kier alpha value is -2.54. The van der Waals surface area contributed by atoms with E-state index in [9.17, 15) is 23.1 Å². The number of hydrogen-bond donors (Lipinski definition) is 1. The molecule has 0 bridgehead atoms. The molecule has 3 rings (SSSR count). The molecule has 4 nitrogen and oxygen atoms in total. The van der Waals surface area contributed by atoms with E-state index in [0.29, 0.717) is 43.9 Å². The lowest BCUT2D eigenvalue weighted by Gasteiger charge is -2.38. The number of benzene rings is 2. The van der Waals surface area contributed by atoms with E-state index < -0.39 is 23.6 Å². The summed E-state index contributed by atoms with van der Waals surface area (Å²) in [6, 6.07) is 12.1. The number of para-hydroxylation sites is 1. The zero-order valence-corrected chi connectivity index (χ0v) is 16.2. The highest BCUT2D eigenvalue weighted by molar-refractivity contribution is 5.70. The molecular weight excluding hydrogens is 383 g/mol. The zero-order chi connectivity index (χ0) is 21.0. The predicted molar refractivity (Wildman–Crippen MR) is 103 cm³/mol. The molecule has 0 aromatic heterocycles. The van der Waals surface area contributed by atoms with E-state index in [1.54, 1.807) is 0 Å². The standard InChI is InChI=1S/C22H24F3NO3/c1-2-29-19-8-4-3-7-18(19)20(26-13-5-6-16(14-26)21(27)28)15-9-11-17(12-10-15)22(23,24)25/h3-4,7-12,16,20H,2,5-6,13-14H2,1H3,(H,27,28). The Labute approximate surface area is 167 Å². The molecule has 7 heteroatoms. The van der Waals surface area contributed by atoms with E-state index in [1.807, 2.05) is 36.1 Å². The molecule has 1 heterocycles. The number of alkyl halides is 3. The summed E-state index contributed by atoms with van der Waals surface area (Å²) in [5.41, 5.74) is 0.788. The van der Waals surface area contributed by atoms with Crippen LogP contribution in [0.4, 0.5) is 13.2 Å². The number of piperidine rings is 1. The summed E-state index contributed by atoms with van der Waals surface area (Å²) in [4.78, 5) is 13.6. The van der Waals surface area contributed by atoms with Gasteiger partial charge in [-0.2, -0.15) is 13.2 Å². The van der Waals surface area contributed by atoms with Gasteiger partial charge in [0.1, 0.15) is 5.75 Å². The average molecular weight is 407 g/mol. The van der Waals surface area contributed by atoms with Gasteiger partial charge in [-0.1, -0.05) is 30.3 Å². The van der Waals surface area contributed by atoms with E-state index in [0.717, 1.165) is 17.7 Å². The van der Waals surface area contributed by atoms with Crippen LogP contribution in [0.2, 0.25) is 0 Å². The minimum atomic E-state index is -4.41. The molecule has 2 unspecified atom stereocenters. The fourth-order valence-corrected chi connectivity index (χ4v) is 3.88. The second-order valence-corrected chi connectivity index (χ2v) is 7.17. The van der Waals surface area contributed by atoms with Gasteiger partial charge in [0.15, 0.2) is 0 Å². The number of aliphatic carboxylic acids is 1. The molecule has 1 aliphatic rings. The molecule has 156 valence electrons. The number of likely N-dealkylation sites (tertiary alicyclic amines) is 1. The third-order valence-electron chi connectivity index (χ3n) is 5.23. The fraction of sp³-hybridized carbons (Fsp3) is 0.409. The predicted octanol–water partition coefficient (Wildman–Crippen LogP) is 4.99. The Morgan fingerprint density at radius 1 is 1.21 bits per heavy atom. The minimum Gasteiger partial charge on any atom is -0.494 e. The van der Waals surface area contributed by atoms with Crippen molar-refractivity contribution >= 4 is 5.97 Å². The normalized spacial score (nSPS) is 19.0. The van der Waals surface area contributed by atoms with Crippen molar-refractivity contribution in [1.82, 2.24) is 4.90 Å². The van der Waals surface area contributed by atoms with E-state index in [-0.39, 0.29) is 6.04 Å². The molecule has 0 spiro atoms. The topological polar surface area (TPSA) is 49.8 Å². The van der Waals surface area contributed by atoms with Crippen molar-refractivity contribution in [2.45, 2.75) is 32.0 Å². The highest BCUT2D eigenvalue weighted by Crippen LogP contribution is 2.38. The van der Waals surface area contributed by atoms with Crippen LogP contribution in [0.15, 0.2) is 48.5 Å². The second kappa shape index (κ2) is 8.86. The molecule has 1 saturated heterocycles. The lowest BCUT2D eigenvalue weighted by Crippen LogP contribution is -2.41. The molecule has 0 aliphatic carbocycles. The van der Waals surface area contributed by atoms with Crippen LogP contribution in [0.25, 0.3) is 0 Å². The SMILES string of the molecule is CCOc1ccccc1C(c1ccc(C(F)(F)F)cc1)N1CCCC(C(=O)O)C1. The molecule has 0 amide bonds. The average Bonchev–Trinajstić information content (AvgIpc) is 2.70. The van der Waals surface area contributed by atoms with Crippen LogP contribution in [0.1, 0.15) is 42.5 Å². The van der Waals surface area contributed by atoms with Crippen LogP contribution < -0.4 is 4.74 Å². The summed E-state index contributed by atoms with van der Waals surface area (Å²) in [5, 5.41) is 9.47. The Bertz CT molecular complexity index is 836. The summed E-state index contributed by atoms with van der Waals surface area (Å²) >= 11 is 0. The molecule has 2 aromatic rings. The van der Waals surface area contributed by atoms with E-state index in [1.165, 1.54) is 12.1 Å². The molecule has 29 heavy (non-hydrogen) atoms. The number of carbonyl (C=O) groups is 1. The summed E-state index contributed by atoms with van der Waals surface area (Å²) in [5.74, 6) is -0.698. The summed E-state index contributed by atoms with van der Waals surface area (Å²) in [7, 11) is 0. The van der Waals surface area contributed by atoms with Crippen molar-refractivity contribution in [2.24, 2.45) is 5.92 Å². The first-order valence-electron chi connectivity index (χ1n) is 9.67. The summed E-state index contributed by atoms with van der Waals surface area (Å²) < 4.78 is 44.8. The van der Waals surface area contributed by atoms with Crippen molar-refractivity contribution in [3.8, 4) is 5.75 Å². The van der Waals surface area contributed by atoms with Gasteiger partial charge in [-0.05, 0) is 50.1 Å². The Morgan fingerprint density at radius 3 is 2.52 bits per heavy atom. The van der Waals surface area contributed by atoms with Crippen LogP contribution in [-0.4, -0.2) is 35.7 Å². The lowest BCUT2D eigenvalue weighted by atomic mass is 9.90.